The van der Waals surface area contributed by atoms with E-state index >= 15 is 0 Å². The highest BCUT2D eigenvalue weighted by Gasteiger charge is 2.60. The van der Waals surface area contributed by atoms with Crippen molar-refractivity contribution in [3.05, 3.63) is 0 Å². The van der Waals surface area contributed by atoms with Crippen molar-refractivity contribution in [3.8, 4) is 0 Å². The molecule has 1 unspecified atom stereocenters. The molecule has 0 N–H and O–H groups in total. The SMILES string of the molecule is CCOP(=O)(OCC)[C@@]1(C)N=C(C(C)CC)CC1(C)C. The first-order valence-electron chi connectivity index (χ1n) is 7.65. The first-order valence-corrected chi connectivity index (χ1v) is 9.19. The van der Waals surface area contributed by atoms with Gasteiger partial charge in [-0.3, -0.25) is 9.56 Å². The van der Waals surface area contributed by atoms with Gasteiger partial charge in [-0.15, -0.1) is 0 Å². The first kappa shape index (κ1) is 17.9. The van der Waals surface area contributed by atoms with Gasteiger partial charge in [0.2, 0.25) is 0 Å². The third kappa shape index (κ3) is 2.88. The molecule has 0 saturated heterocycles. The molecule has 0 fully saturated rings. The molecule has 0 spiro atoms. The van der Waals surface area contributed by atoms with E-state index in [1.807, 2.05) is 20.8 Å². The Morgan fingerprint density at radius 1 is 1.20 bits per heavy atom. The molecule has 1 heterocycles. The third-order valence-corrected chi connectivity index (χ3v) is 7.55. The van der Waals surface area contributed by atoms with E-state index in [-0.39, 0.29) is 5.41 Å². The van der Waals surface area contributed by atoms with Crippen molar-refractivity contribution in [2.75, 3.05) is 13.2 Å². The Balaban J connectivity index is 3.27. The predicted molar refractivity (Wildman–Crippen MR) is 84.6 cm³/mol. The fourth-order valence-electron chi connectivity index (χ4n) is 2.67. The Morgan fingerprint density at radius 2 is 1.70 bits per heavy atom. The largest absolute Gasteiger partial charge is 0.358 e. The lowest BCUT2D eigenvalue weighted by atomic mass is 9.81. The number of hydrogen-bond donors (Lipinski definition) is 0. The number of aliphatic imine (C=N–C) groups is 1. The highest BCUT2D eigenvalue weighted by molar-refractivity contribution is 7.55. The van der Waals surface area contributed by atoms with E-state index in [9.17, 15) is 4.57 Å². The van der Waals surface area contributed by atoms with E-state index in [1.165, 1.54) is 0 Å². The molecule has 5 heteroatoms. The zero-order valence-electron chi connectivity index (χ0n) is 14.0. The summed E-state index contributed by atoms with van der Waals surface area (Å²) in [5.74, 6) is 0.410. The van der Waals surface area contributed by atoms with Crippen LogP contribution in [0.15, 0.2) is 4.99 Å². The highest BCUT2D eigenvalue weighted by atomic mass is 31.2. The summed E-state index contributed by atoms with van der Waals surface area (Å²) in [5, 5.41) is -0.801. The van der Waals surface area contributed by atoms with Crippen LogP contribution >= 0.6 is 7.60 Å². The molecule has 0 aliphatic carbocycles. The van der Waals surface area contributed by atoms with Gasteiger partial charge in [-0.1, -0.05) is 27.7 Å². The summed E-state index contributed by atoms with van der Waals surface area (Å²) < 4.78 is 24.4. The van der Waals surface area contributed by atoms with Crippen molar-refractivity contribution in [3.63, 3.8) is 0 Å². The smallest absolute Gasteiger partial charge is 0.307 e. The second-order valence-corrected chi connectivity index (χ2v) is 8.71. The third-order valence-electron chi connectivity index (χ3n) is 4.58. The van der Waals surface area contributed by atoms with Crippen LogP contribution in [0.25, 0.3) is 0 Å². The topological polar surface area (TPSA) is 47.9 Å². The zero-order valence-corrected chi connectivity index (χ0v) is 14.9. The van der Waals surface area contributed by atoms with Crippen molar-refractivity contribution in [1.82, 2.24) is 0 Å². The maximum Gasteiger partial charge on any atom is 0.358 e. The van der Waals surface area contributed by atoms with Crippen molar-refractivity contribution in [1.29, 1.82) is 0 Å². The molecule has 0 aromatic heterocycles. The summed E-state index contributed by atoms with van der Waals surface area (Å²) in [6, 6.07) is 0. The summed E-state index contributed by atoms with van der Waals surface area (Å²) in [4.78, 5) is 4.86. The second-order valence-electron chi connectivity index (χ2n) is 6.33. The van der Waals surface area contributed by atoms with E-state index in [2.05, 4.69) is 27.7 Å². The van der Waals surface area contributed by atoms with Gasteiger partial charge in [0, 0.05) is 11.1 Å². The van der Waals surface area contributed by atoms with Gasteiger partial charge in [0.15, 0.2) is 5.28 Å². The Bertz CT molecular complexity index is 409. The van der Waals surface area contributed by atoms with Crippen molar-refractivity contribution >= 4 is 13.3 Å². The van der Waals surface area contributed by atoms with Crippen molar-refractivity contribution in [2.24, 2.45) is 16.3 Å². The molecule has 0 bridgehead atoms. The molecule has 0 radical (unpaired) electrons. The molecule has 1 aliphatic heterocycles. The Labute approximate surface area is 123 Å². The molecular weight excluding hydrogens is 273 g/mol. The molecule has 20 heavy (non-hydrogen) atoms. The average molecular weight is 303 g/mol. The molecule has 2 atom stereocenters. The van der Waals surface area contributed by atoms with Crippen molar-refractivity contribution in [2.45, 2.75) is 66.6 Å². The average Bonchev–Trinajstić information content (AvgIpc) is 2.61. The molecule has 0 amide bonds. The van der Waals surface area contributed by atoms with Gasteiger partial charge in [-0.05, 0) is 39.5 Å². The molecule has 1 rings (SSSR count). The maximum absolute atomic E-state index is 13.3. The van der Waals surface area contributed by atoms with Crippen LogP contribution in [-0.2, 0) is 13.6 Å². The fourth-order valence-corrected chi connectivity index (χ4v) is 5.00. The highest BCUT2D eigenvalue weighted by Crippen LogP contribution is 2.69. The van der Waals surface area contributed by atoms with E-state index in [4.69, 9.17) is 14.0 Å². The molecule has 0 saturated carbocycles. The van der Waals surface area contributed by atoms with E-state index in [1.54, 1.807) is 0 Å². The Morgan fingerprint density at radius 3 is 2.10 bits per heavy atom. The van der Waals surface area contributed by atoms with Gasteiger partial charge < -0.3 is 9.05 Å². The monoisotopic (exact) mass is 303 g/mol. The number of rotatable bonds is 7. The summed E-state index contributed by atoms with van der Waals surface area (Å²) >= 11 is 0. The van der Waals surface area contributed by atoms with Gasteiger partial charge in [0.25, 0.3) is 0 Å². The van der Waals surface area contributed by atoms with Crippen LogP contribution < -0.4 is 0 Å². The lowest BCUT2D eigenvalue weighted by Gasteiger charge is -2.40. The van der Waals surface area contributed by atoms with Gasteiger partial charge in [0.1, 0.15) is 0 Å². The molecular formula is C15H30NO3P. The predicted octanol–water partition coefficient (Wildman–Crippen LogP) is 4.89. The molecule has 0 aromatic carbocycles. The van der Waals surface area contributed by atoms with Gasteiger partial charge in [-0.25, -0.2) is 0 Å². The molecule has 1 aliphatic rings. The van der Waals surface area contributed by atoms with Crippen molar-refractivity contribution < 1.29 is 13.6 Å². The molecule has 4 nitrogen and oxygen atoms in total. The Hall–Kier alpha value is -0.180. The maximum atomic E-state index is 13.3. The van der Waals surface area contributed by atoms with Gasteiger partial charge in [0.05, 0.1) is 13.2 Å². The van der Waals surface area contributed by atoms with Crippen LogP contribution in [0.1, 0.15) is 61.3 Å². The first-order chi connectivity index (χ1) is 9.17. The minimum Gasteiger partial charge on any atom is -0.307 e. The minimum absolute atomic E-state index is 0.231. The molecule has 0 aromatic rings. The van der Waals surface area contributed by atoms with Crippen LogP contribution in [-0.4, -0.2) is 24.2 Å². The standard InChI is InChI=1S/C15H30NO3P/c1-8-12(4)13-11-14(5,6)15(7,16-13)20(17,18-9-2)19-10-3/h12H,8-11H2,1-7H3/t12?,15-/m1/s1. The second kappa shape index (κ2) is 6.29. The number of hydrogen-bond acceptors (Lipinski definition) is 4. The number of nitrogens with zero attached hydrogens (tertiary/aromatic N) is 1. The summed E-state index contributed by atoms with van der Waals surface area (Å²) in [6.45, 7) is 14.9. The summed E-state index contributed by atoms with van der Waals surface area (Å²) in [6.07, 6.45) is 1.89. The van der Waals surface area contributed by atoms with Gasteiger partial charge in [-0.2, -0.15) is 0 Å². The normalized spacial score (nSPS) is 27.4. The van der Waals surface area contributed by atoms with E-state index in [0.717, 1.165) is 18.6 Å². The summed E-state index contributed by atoms with van der Waals surface area (Å²) in [7, 11) is -3.28. The zero-order chi connectivity index (χ0) is 15.6. The molecule has 118 valence electrons. The van der Waals surface area contributed by atoms with E-state index < -0.39 is 12.9 Å². The quantitative estimate of drug-likeness (QED) is 0.629. The Kier molecular flexibility index (Phi) is 5.62. The van der Waals surface area contributed by atoms with E-state index in [0.29, 0.717) is 19.1 Å². The van der Waals surface area contributed by atoms with Crippen LogP contribution in [0.2, 0.25) is 0 Å². The lowest BCUT2D eigenvalue weighted by molar-refractivity contribution is 0.164. The van der Waals surface area contributed by atoms with Crippen LogP contribution in [0.3, 0.4) is 0 Å². The van der Waals surface area contributed by atoms with Crippen LogP contribution in [0.5, 0.6) is 0 Å². The summed E-state index contributed by atoms with van der Waals surface area (Å²) in [5.41, 5.74) is 0.908. The van der Waals surface area contributed by atoms with Crippen LogP contribution in [0.4, 0.5) is 0 Å². The van der Waals surface area contributed by atoms with Gasteiger partial charge >= 0.3 is 7.60 Å². The lowest BCUT2D eigenvalue weighted by Crippen LogP contribution is -2.37. The fraction of sp³-hybridized carbons (Fsp3) is 0.933. The minimum atomic E-state index is -3.28. The van der Waals surface area contributed by atoms with Crippen LogP contribution in [0, 0.1) is 11.3 Å².